The number of carbonyl (C=O) groups excluding carboxylic acids is 1. The van der Waals surface area contributed by atoms with Crippen LogP contribution in [0, 0.1) is 35.0 Å². The summed E-state index contributed by atoms with van der Waals surface area (Å²) < 4.78 is 5.50. The monoisotopic (exact) mass is 322 g/mol. The van der Waals surface area contributed by atoms with Gasteiger partial charge in [0.05, 0.1) is 12.5 Å². The van der Waals surface area contributed by atoms with Crippen molar-refractivity contribution in [2.45, 2.75) is 84.8 Å². The molecule has 0 spiro atoms. The summed E-state index contributed by atoms with van der Waals surface area (Å²) >= 11 is 0. The normalized spacial score (nSPS) is 44.1. The summed E-state index contributed by atoms with van der Waals surface area (Å²) in [6, 6.07) is 0. The molecule has 0 unspecified atom stereocenters. The van der Waals surface area contributed by atoms with E-state index in [9.17, 15) is 9.90 Å². The number of rotatable bonds is 5. The van der Waals surface area contributed by atoms with Crippen LogP contribution in [0.4, 0.5) is 0 Å². The van der Waals surface area contributed by atoms with Crippen molar-refractivity contribution >= 4 is 5.97 Å². The van der Waals surface area contributed by atoms with Gasteiger partial charge in [0.15, 0.2) is 0 Å². The molecule has 0 aromatic rings. The Hall–Kier alpha value is -0.570. The molecule has 7 atom stereocenters. The first kappa shape index (κ1) is 17.3. The van der Waals surface area contributed by atoms with E-state index in [0.29, 0.717) is 18.3 Å². The van der Waals surface area contributed by atoms with Gasteiger partial charge in [-0.15, -0.1) is 0 Å². The van der Waals surface area contributed by atoms with E-state index in [0.717, 1.165) is 25.2 Å². The van der Waals surface area contributed by atoms with E-state index in [1.165, 1.54) is 19.3 Å². The number of esters is 1. The molecule has 132 valence electrons. The highest BCUT2D eigenvalue weighted by molar-refractivity contribution is 5.72. The van der Waals surface area contributed by atoms with Crippen molar-refractivity contribution < 1.29 is 14.6 Å². The van der Waals surface area contributed by atoms with Crippen LogP contribution in [0.2, 0.25) is 0 Å². The molecular formula is C20H34O3. The van der Waals surface area contributed by atoms with E-state index < -0.39 is 0 Å². The van der Waals surface area contributed by atoms with Crippen molar-refractivity contribution in [3.8, 4) is 0 Å². The van der Waals surface area contributed by atoms with Gasteiger partial charge in [-0.1, -0.05) is 47.0 Å². The molecule has 1 heterocycles. The Kier molecular flexibility index (Phi) is 4.79. The third-order valence-electron chi connectivity index (χ3n) is 7.24. The van der Waals surface area contributed by atoms with E-state index in [2.05, 4.69) is 27.7 Å². The average Bonchev–Trinajstić information content (AvgIpc) is 2.95. The van der Waals surface area contributed by atoms with Crippen LogP contribution in [0.15, 0.2) is 0 Å². The maximum absolute atomic E-state index is 11.7. The van der Waals surface area contributed by atoms with Gasteiger partial charge in [-0.05, 0) is 48.3 Å². The average molecular weight is 322 g/mol. The van der Waals surface area contributed by atoms with Crippen molar-refractivity contribution in [1.29, 1.82) is 0 Å². The van der Waals surface area contributed by atoms with Crippen LogP contribution < -0.4 is 0 Å². The van der Waals surface area contributed by atoms with Crippen LogP contribution in [0.5, 0.6) is 0 Å². The van der Waals surface area contributed by atoms with Crippen molar-refractivity contribution in [2.75, 3.05) is 0 Å². The van der Waals surface area contributed by atoms with Gasteiger partial charge in [0, 0.05) is 5.92 Å². The van der Waals surface area contributed by atoms with Crippen LogP contribution in [-0.2, 0) is 9.53 Å². The first-order chi connectivity index (χ1) is 10.8. The lowest BCUT2D eigenvalue weighted by Gasteiger charge is -2.47. The lowest BCUT2D eigenvalue weighted by atomic mass is 9.58. The number of ether oxygens (including phenoxy) is 1. The zero-order valence-corrected chi connectivity index (χ0v) is 15.3. The first-order valence-corrected chi connectivity index (χ1v) is 9.70. The topological polar surface area (TPSA) is 46.5 Å². The molecule has 3 heteroatoms. The molecule has 1 saturated heterocycles. The molecule has 1 N–H and O–H groups in total. The molecule has 3 nitrogen and oxygen atoms in total. The van der Waals surface area contributed by atoms with Gasteiger partial charge in [-0.2, -0.15) is 0 Å². The number of aliphatic hydroxyl groups is 1. The van der Waals surface area contributed by atoms with E-state index in [-0.39, 0.29) is 35.4 Å². The Bertz CT molecular complexity index is 446. The fourth-order valence-corrected chi connectivity index (χ4v) is 6.13. The van der Waals surface area contributed by atoms with Gasteiger partial charge in [-0.3, -0.25) is 4.79 Å². The molecule has 3 fully saturated rings. The Morgan fingerprint density at radius 3 is 2.74 bits per heavy atom. The molecule has 0 radical (unpaired) electrons. The van der Waals surface area contributed by atoms with Crippen LogP contribution in [0.25, 0.3) is 0 Å². The molecule has 2 aliphatic carbocycles. The van der Waals surface area contributed by atoms with Crippen molar-refractivity contribution in [3.05, 3.63) is 0 Å². The number of carbonyl (C=O) groups is 1. The summed E-state index contributed by atoms with van der Waals surface area (Å²) in [5.41, 5.74) is 0.186. The summed E-state index contributed by atoms with van der Waals surface area (Å²) in [4.78, 5) is 11.7. The summed E-state index contributed by atoms with van der Waals surface area (Å²) in [6.45, 7) is 9.35. The quantitative estimate of drug-likeness (QED) is 0.772. The Morgan fingerprint density at radius 1 is 1.30 bits per heavy atom. The minimum absolute atomic E-state index is 0.0510. The molecule has 3 rings (SSSR count). The van der Waals surface area contributed by atoms with E-state index in [4.69, 9.17) is 4.74 Å². The zero-order chi connectivity index (χ0) is 16.8. The van der Waals surface area contributed by atoms with Crippen LogP contribution in [0.3, 0.4) is 0 Å². The molecule has 23 heavy (non-hydrogen) atoms. The molecule has 3 aliphatic rings. The molecular weight excluding hydrogens is 288 g/mol. The lowest BCUT2D eigenvalue weighted by molar-refractivity contribution is -0.143. The maximum atomic E-state index is 11.7. The van der Waals surface area contributed by atoms with Gasteiger partial charge in [-0.25, -0.2) is 0 Å². The highest BCUT2D eigenvalue weighted by Crippen LogP contribution is 2.62. The Labute approximate surface area is 141 Å². The van der Waals surface area contributed by atoms with Gasteiger partial charge >= 0.3 is 5.97 Å². The van der Waals surface area contributed by atoms with E-state index in [1.54, 1.807) is 0 Å². The van der Waals surface area contributed by atoms with Gasteiger partial charge in [0.1, 0.15) is 6.10 Å². The van der Waals surface area contributed by atoms with Crippen LogP contribution in [-0.4, -0.2) is 23.3 Å². The molecule has 0 aromatic heterocycles. The van der Waals surface area contributed by atoms with Gasteiger partial charge < -0.3 is 9.84 Å². The molecule has 1 aliphatic heterocycles. The third kappa shape index (κ3) is 3.06. The molecule has 0 amide bonds. The van der Waals surface area contributed by atoms with Gasteiger partial charge in [0.2, 0.25) is 0 Å². The standard InChI is InChI=1S/C20H34O3/c1-12(2)6-5-7-13(3)15-11-16(21)19-14-10-18(22)23-17(14)8-9-20(15,19)4/h12-17,19,21H,5-11H2,1-4H3/t13-,14-,15-,16+,17-,19+,20-/m1/s1. The fraction of sp³-hybridized carbons (Fsp3) is 0.950. The van der Waals surface area contributed by atoms with Crippen molar-refractivity contribution in [2.24, 2.45) is 35.0 Å². The summed E-state index contributed by atoms with van der Waals surface area (Å²) in [6.07, 6.45) is 7.21. The maximum Gasteiger partial charge on any atom is 0.306 e. The van der Waals surface area contributed by atoms with Crippen LogP contribution in [0.1, 0.15) is 72.6 Å². The van der Waals surface area contributed by atoms with Crippen molar-refractivity contribution in [1.82, 2.24) is 0 Å². The summed E-state index contributed by atoms with van der Waals surface area (Å²) in [7, 11) is 0. The second-order valence-corrected chi connectivity index (χ2v) is 9.18. The Morgan fingerprint density at radius 2 is 2.04 bits per heavy atom. The van der Waals surface area contributed by atoms with E-state index >= 15 is 0 Å². The van der Waals surface area contributed by atoms with Crippen molar-refractivity contribution in [3.63, 3.8) is 0 Å². The summed E-state index contributed by atoms with van der Waals surface area (Å²) in [5, 5.41) is 10.8. The fourth-order valence-electron chi connectivity index (χ4n) is 6.13. The molecule has 0 bridgehead atoms. The van der Waals surface area contributed by atoms with Crippen LogP contribution >= 0.6 is 0 Å². The number of aliphatic hydroxyl groups excluding tert-OH is 1. The summed E-state index contributed by atoms with van der Waals surface area (Å²) in [5.74, 6) is 2.48. The smallest absolute Gasteiger partial charge is 0.306 e. The number of hydrogen-bond donors (Lipinski definition) is 1. The highest BCUT2D eigenvalue weighted by atomic mass is 16.5. The number of fused-ring (bicyclic) bond motifs is 3. The lowest BCUT2D eigenvalue weighted by Crippen LogP contribution is -2.45. The largest absolute Gasteiger partial charge is 0.462 e. The Balaban J connectivity index is 1.71. The van der Waals surface area contributed by atoms with Gasteiger partial charge in [0.25, 0.3) is 0 Å². The molecule has 2 saturated carbocycles. The highest BCUT2D eigenvalue weighted by Gasteiger charge is 2.61. The molecule has 0 aromatic carbocycles. The first-order valence-electron chi connectivity index (χ1n) is 9.70. The second kappa shape index (κ2) is 6.38. The third-order valence-corrected chi connectivity index (χ3v) is 7.24. The predicted octanol–water partition coefficient (Wildman–Crippen LogP) is 4.18. The second-order valence-electron chi connectivity index (χ2n) is 9.18. The minimum Gasteiger partial charge on any atom is -0.462 e. The predicted molar refractivity (Wildman–Crippen MR) is 90.8 cm³/mol. The minimum atomic E-state index is -0.250. The number of hydrogen-bond acceptors (Lipinski definition) is 3. The SMILES string of the molecule is CC(C)CCC[C@@H](C)[C@H]1C[C@H](O)[C@@H]2[C@@H]3CC(=O)O[C@@H]3CC[C@@]21C. The van der Waals surface area contributed by atoms with E-state index in [1.807, 2.05) is 0 Å². The zero-order valence-electron chi connectivity index (χ0n) is 15.3.